The van der Waals surface area contributed by atoms with E-state index in [-0.39, 0.29) is 10.9 Å². The van der Waals surface area contributed by atoms with Gasteiger partial charge < -0.3 is 10.1 Å². The SMILES string of the molecule is CCc1[nH]c2cc(F)c(F)c(F)c2c1C(O)CC. The lowest BCUT2D eigenvalue weighted by Crippen LogP contribution is -2.00. The molecule has 2 rings (SSSR count). The van der Waals surface area contributed by atoms with Crippen molar-refractivity contribution in [2.75, 3.05) is 0 Å². The maximum Gasteiger partial charge on any atom is 0.195 e. The first-order valence-electron chi connectivity index (χ1n) is 5.87. The van der Waals surface area contributed by atoms with Crippen LogP contribution in [0.4, 0.5) is 13.2 Å². The molecule has 0 fully saturated rings. The normalized spacial score (nSPS) is 13.2. The smallest absolute Gasteiger partial charge is 0.195 e. The molecular formula is C13H14F3NO. The Morgan fingerprint density at radius 3 is 2.44 bits per heavy atom. The highest BCUT2D eigenvalue weighted by molar-refractivity contribution is 5.86. The molecular weight excluding hydrogens is 243 g/mol. The van der Waals surface area contributed by atoms with Crippen LogP contribution in [-0.2, 0) is 6.42 Å². The van der Waals surface area contributed by atoms with Gasteiger partial charge in [-0.2, -0.15) is 0 Å². The van der Waals surface area contributed by atoms with Crippen LogP contribution in [0.3, 0.4) is 0 Å². The Hall–Kier alpha value is -1.49. The maximum atomic E-state index is 13.8. The molecule has 0 aliphatic rings. The van der Waals surface area contributed by atoms with E-state index >= 15 is 0 Å². The van der Waals surface area contributed by atoms with Crippen molar-refractivity contribution in [3.8, 4) is 0 Å². The summed E-state index contributed by atoms with van der Waals surface area (Å²) < 4.78 is 40.2. The van der Waals surface area contributed by atoms with Crippen molar-refractivity contribution < 1.29 is 18.3 Å². The van der Waals surface area contributed by atoms with Gasteiger partial charge in [0, 0.05) is 22.7 Å². The van der Waals surface area contributed by atoms with Crippen LogP contribution in [0.5, 0.6) is 0 Å². The van der Waals surface area contributed by atoms with E-state index in [0.29, 0.717) is 24.1 Å². The number of aromatic nitrogens is 1. The van der Waals surface area contributed by atoms with Gasteiger partial charge in [0.05, 0.1) is 11.6 Å². The fourth-order valence-corrected chi connectivity index (χ4v) is 2.19. The molecule has 1 aromatic heterocycles. The molecule has 2 nitrogen and oxygen atoms in total. The molecule has 18 heavy (non-hydrogen) atoms. The second kappa shape index (κ2) is 4.65. The van der Waals surface area contributed by atoms with Crippen molar-refractivity contribution >= 4 is 10.9 Å². The summed E-state index contributed by atoms with van der Waals surface area (Å²) in [6.45, 7) is 3.56. The van der Waals surface area contributed by atoms with Crippen molar-refractivity contribution in [2.45, 2.75) is 32.8 Å². The average molecular weight is 257 g/mol. The number of aromatic amines is 1. The summed E-state index contributed by atoms with van der Waals surface area (Å²) in [5.74, 6) is -3.99. The first-order valence-corrected chi connectivity index (χ1v) is 5.87. The summed E-state index contributed by atoms with van der Waals surface area (Å²) in [7, 11) is 0. The van der Waals surface area contributed by atoms with Gasteiger partial charge in [-0.25, -0.2) is 13.2 Å². The van der Waals surface area contributed by atoms with Crippen LogP contribution in [0.2, 0.25) is 0 Å². The second-order valence-corrected chi connectivity index (χ2v) is 4.20. The third-order valence-electron chi connectivity index (χ3n) is 3.12. The molecule has 0 bridgehead atoms. The molecule has 1 unspecified atom stereocenters. The number of fused-ring (bicyclic) bond motifs is 1. The quantitative estimate of drug-likeness (QED) is 0.810. The number of halogens is 3. The van der Waals surface area contributed by atoms with Crippen LogP contribution in [-0.4, -0.2) is 10.1 Å². The summed E-state index contributed by atoms with van der Waals surface area (Å²) in [6.07, 6.45) is -0.00430. The number of nitrogens with one attached hydrogen (secondary N) is 1. The minimum atomic E-state index is -1.51. The maximum absolute atomic E-state index is 13.8. The van der Waals surface area contributed by atoms with E-state index < -0.39 is 23.6 Å². The molecule has 0 saturated heterocycles. The third kappa shape index (κ3) is 1.79. The average Bonchev–Trinajstić information content (AvgIpc) is 2.73. The number of aliphatic hydroxyl groups is 1. The van der Waals surface area contributed by atoms with Gasteiger partial charge in [-0.3, -0.25) is 0 Å². The van der Waals surface area contributed by atoms with Crippen molar-refractivity contribution in [2.24, 2.45) is 0 Å². The topological polar surface area (TPSA) is 36.0 Å². The van der Waals surface area contributed by atoms with Crippen molar-refractivity contribution in [3.63, 3.8) is 0 Å². The van der Waals surface area contributed by atoms with Crippen molar-refractivity contribution in [3.05, 3.63) is 34.8 Å². The van der Waals surface area contributed by atoms with Crippen LogP contribution >= 0.6 is 0 Å². The Balaban J connectivity index is 2.85. The molecule has 1 aromatic carbocycles. The summed E-state index contributed by atoms with van der Waals surface area (Å²) in [6, 6.07) is 0.915. The Morgan fingerprint density at radius 1 is 1.22 bits per heavy atom. The predicted octanol–water partition coefficient (Wildman–Crippen LogP) is 3.59. The number of rotatable bonds is 3. The van der Waals surface area contributed by atoms with Gasteiger partial charge in [-0.05, 0) is 12.8 Å². The summed E-state index contributed by atoms with van der Waals surface area (Å²) in [5, 5.41) is 9.85. The number of aliphatic hydroxyl groups excluding tert-OH is 1. The number of H-pyrrole nitrogens is 1. The minimum absolute atomic E-state index is 0.0555. The van der Waals surface area contributed by atoms with Crippen LogP contribution < -0.4 is 0 Å². The van der Waals surface area contributed by atoms with E-state index in [1.807, 2.05) is 6.92 Å². The third-order valence-corrected chi connectivity index (χ3v) is 3.12. The second-order valence-electron chi connectivity index (χ2n) is 4.20. The monoisotopic (exact) mass is 257 g/mol. The molecule has 1 heterocycles. The number of hydrogen-bond donors (Lipinski definition) is 2. The minimum Gasteiger partial charge on any atom is -0.388 e. The van der Waals surface area contributed by atoms with Gasteiger partial charge in [0.15, 0.2) is 17.5 Å². The Labute approximate surface area is 102 Å². The van der Waals surface area contributed by atoms with Crippen LogP contribution in [0.1, 0.15) is 37.6 Å². The van der Waals surface area contributed by atoms with E-state index in [9.17, 15) is 18.3 Å². The largest absolute Gasteiger partial charge is 0.388 e. The van der Waals surface area contributed by atoms with E-state index in [4.69, 9.17) is 0 Å². The molecule has 0 aliphatic heterocycles. The molecule has 0 spiro atoms. The van der Waals surface area contributed by atoms with Gasteiger partial charge in [-0.15, -0.1) is 0 Å². The van der Waals surface area contributed by atoms with Crippen molar-refractivity contribution in [1.82, 2.24) is 4.98 Å². The van der Waals surface area contributed by atoms with Gasteiger partial charge in [0.1, 0.15) is 0 Å². The van der Waals surface area contributed by atoms with E-state index in [2.05, 4.69) is 4.98 Å². The fraction of sp³-hybridized carbons (Fsp3) is 0.385. The van der Waals surface area contributed by atoms with E-state index in [0.717, 1.165) is 6.07 Å². The molecule has 98 valence electrons. The lowest BCUT2D eigenvalue weighted by molar-refractivity contribution is 0.174. The first kappa shape index (κ1) is 13.0. The Morgan fingerprint density at radius 2 is 1.89 bits per heavy atom. The predicted molar refractivity (Wildman–Crippen MR) is 62.8 cm³/mol. The molecule has 0 radical (unpaired) electrons. The summed E-state index contributed by atoms with van der Waals surface area (Å²) in [4.78, 5) is 2.83. The standard InChI is InChI=1S/C13H14F3NO/c1-3-7-10(9(18)4-2)11-8(17-7)5-6(14)12(15)13(11)16/h5,9,17-18H,3-4H2,1-2H3. The van der Waals surface area contributed by atoms with Crippen molar-refractivity contribution in [1.29, 1.82) is 0 Å². The van der Waals surface area contributed by atoms with Gasteiger partial charge in [0.25, 0.3) is 0 Å². The molecule has 0 aliphatic carbocycles. The number of aryl methyl sites for hydroxylation is 1. The summed E-state index contributed by atoms with van der Waals surface area (Å²) >= 11 is 0. The zero-order chi connectivity index (χ0) is 13.4. The van der Waals surface area contributed by atoms with E-state index in [1.165, 1.54) is 0 Å². The Bertz CT molecular complexity index is 592. The van der Waals surface area contributed by atoms with Gasteiger partial charge in [0.2, 0.25) is 0 Å². The number of hydrogen-bond acceptors (Lipinski definition) is 1. The summed E-state index contributed by atoms with van der Waals surface area (Å²) in [5.41, 5.74) is 1.10. The van der Waals surface area contributed by atoms with Gasteiger partial charge >= 0.3 is 0 Å². The molecule has 2 N–H and O–H groups in total. The Kier molecular flexibility index (Phi) is 3.34. The molecule has 0 saturated carbocycles. The van der Waals surface area contributed by atoms with Crippen LogP contribution in [0.25, 0.3) is 10.9 Å². The first-order chi connectivity index (χ1) is 8.51. The molecule has 5 heteroatoms. The highest BCUT2D eigenvalue weighted by Gasteiger charge is 2.23. The molecule has 2 aromatic rings. The lowest BCUT2D eigenvalue weighted by Gasteiger charge is -2.09. The van der Waals surface area contributed by atoms with Crippen LogP contribution in [0, 0.1) is 17.5 Å². The highest BCUT2D eigenvalue weighted by atomic mass is 19.2. The zero-order valence-corrected chi connectivity index (χ0v) is 10.2. The lowest BCUT2D eigenvalue weighted by atomic mass is 10.0. The molecule has 1 atom stereocenters. The number of benzene rings is 1. The van der Waals surface area contributed by atoms with Gasteiger partial charge in [-0.1, -0.05) is 13.8 Å². The highest BCUT2D eigenvalue weighted by Crippen LogP contribution is 2.33. The van der Waals surface area contributed by atoms with Crippen LogP contribution in [0.15, 0.2) is 6.07 Å². The van der Waals surface area contributed by atoms with E-state index in [1.54, 1.807) is 6.92 Å². The zero-order valence-electron chi connectivity index (χ0n) is 10.2. The fourth-order valence-electron chi connectivity index (χ4n) is 2.19. The molecule has 0 amide bonds.